The van der Waals surface area contributed by atoms with Gasteiger partial charge in [-0.25, -0.2) is 9.50 Å². The molecule has 1 fully saturated rings. The number of hydrogen-bond donors (Lipinski definition) is 0. The molecule has 0 unspecified atom stereocenters. The largest absolute Gasteiger partial charge is 0.232 e. The van der Waals surface area contributed by atoms with Gasteiger partial charge in [-0.05, 0) is 37.7 Å². The molecular formula is C15H19N3. The standard InChI is InChI=1S/C15H19N3/c1-2-11-9-16-18-10-12-5-8-15(6-3-4-7-15)13(12)17-14(11)18/h9-10H,2-8H2,1H3. The molecule has 1 saturated carbocycles. The molecule has 18 heavy (non-hydrogen) atoms. The molecule has 2 aliphatic rings. The molecule has 0 radical (unpaired) electrons. The topological polar surface area (TPSA) is 30.2 Å². The fraction of sp³-hybridized carbons (Fsp3) is 0.600. The highest BCUT2D eigenvalue weighted by atomic mass is 15.2. The van der Waals surface area contributed by atoms with Gasteiger partial charge in [-0.2, -0.15) is 5.10 Å². The molecule has 3 nitrogen and oxygen atoms in total. The van der Waals surface area contributed by atoms with Gasteiger partial charge in [0.05, 0.1) is 11.9 Å². The Bertz CT molecular complexity index is 605. The third kappa shape index (κ3) is 1.25. The van der Waals surface area contributed by atoms with Gasteiger partial charge >= 0.3 is 0 Å². The second-order valence-corrected chi connectivity index (χ2v) is 5.89. The van der Waals surface area contributed by atoms with Crippen molar-refractivity contribution >= 4 is 5.65 Å². The Morgan fingerprint density at radius 3 is 2.89 bits per heavy atom. The van der Waals surface area contributed by atoms with Gasteiger partial charge in [0.15, 0.2) is 5.65 Å². The van der Waals surface area contributed by atoms with Gasteiger partial charge in [-0.15, -0.1) is 0 Å². The summed E-state index contributed by atoms with van der Waals surface area (Å²) in [6, 6.07) is 0. The first-order valence-electron chi connectivity index (χ1n) is 7.19. The van der Waals surface area contributed by atoms with Crippen LogP contribution in [0.15, 0.2) is 12.4 Å². The van der Waals surface area contributed by atoms with Gasteiger partial charge in [0.1, 0.15) is 0 Å². The summed E-state index contributed by atoms with van der Waals surface area (Å²) in [6.07, 6.45) is 13.2. The second-order valence-electron chi connectivity index (χ2n) is 5.89. The van der Waals surface area contributed by atoms with Crippen LogP contribution in [0, 0.1) is 0 Å². The summed E-state index contributed by atoms with van der Waals surface area (Å²) in [5.41, 5.74) is 5.63. The molecule has 2 heterocycles. The van der Waals surface area contributed by atoms with Crippen LogP contribution in [0.4, 0.5) is 0 Å². The van der Waals surface area contributed by atoms with Crippen molar-refractivity contribution in [3.05, 3.63) is 29.2 Å². The van der Waals surface area contributed by atoms with Gasteiger partial charge in [-0.1, -0.05) is 19.8 Å². The molecular weight excluding hydrogens is 222 g/mol. The minimum absolute atomic E-state index is 0.423. The lowest BCUT2D eigenvalue weighted by atomic mass is 9.83. The molecule has 1 spiro atoms. The summed E-state index contributed by atoms with van der Waals surface area (Å²) in [5, 5.41) is 4.44. The first-order valence-corrected chi connectivity index (χ1v) is 7.19. The van der Waals surface area contributed by atoms with E-state index >= 15 is 0 Å². The highest BCUT2D eigenvalue weighted by Gasteiger charge is 2.42. The maximum absolute atomic E-state index is 5.02. The molecule has 0 N–H and O–H groups in total. The maximum Gasteiger partial charge on any atom is 0.158 e. The summed E-state index contributed by atoms with van der Waals surface area (Å²) in [7, 11) is 0. The second kappa shape index (κ2) is 3.56. The van der Waals surface area contributed by atoms with Crippen LogP contribution in [-0.2, 0) is 18.3 Å². The van der Waals surface area contributed by atoms with Crippen LogP contribution in [-0.4, -0.2) is 14.6 Å². The van der Waals surface area contributed by atoms with E-state index in [9.17, 15) is 0 Å². The monoisotopic (exact) mass is 241 g/mol. The van der Waals surface area contributed by atoms with Crippen LogP contribution in [0.3, 0.4) is 0 Å². The molecule has 0 saturated heterocycles. The molecule has 4 rings (SSSR count). The van der Waals surface area contributed by atoms with Gasteiger partial charge in [0, 0.05) is 17.2 Å². The Hall–Kier alpha value is -1.38. The van der Waals surface area contributed by atoms with E-state index in [-0.39, 0.29) is 0 Å². The third-order valence-electron chi connectivity index (χ3n) is 4.96. The van der Waals surface area contributed by atoms with Crippen LogP contribution in [0.5, 0.6) is 0 Å². The first-order chi connectivity index (χ1) is 8.82. The lowest BCUT2D eigenvalue weighted by molar-refractivity contribution is 0.429. The van der Waals surface area contributed by atoms with Gasteiger partial charge in [-0.3, -0.25) is 0 Å². The van der Waals surface area contributed by atoms with Gasteiger partial charge < -0.3 is 0 Å². The summed E-state index contributed by atoms with van der Waals surface area (Å²) in [6.45, 7) is 2.18. The number of fused-ring (bicyclic) bond motifs is 3. The van der Waals surface area contributed by atoms with Crippen LogP contribution in [0.1, 0.15) is 55.8 Å². The molecule has 2 aromatic rings. The van der Waals surface area contributed by atoms with Crippen molar-refractivity contribution in [3.8, 4) is 0 Å². The zero-order valence-electron chi connectivity index (χ0n) is 10.9. The fourth-order valence-corrected chi connectivity index (χ4v) is 3.92. The number of rotatable bonds is 1. The average molecular weight is 241 g/mol. The molecule has 0 atom stereocenters. The van der Waals surface area contributed by atoms with Crippen LogP contribution >= 0.6 is 0 Å². The molecule has 2 aromatic heterocycles. The maximum atomic E-state index is 5.02. The lowest BCUT2D eigenvalue weighted by Gasteiger charge is -2.22. The van der Waals surface area contributed by atoms with E-state index in [1.54, 1.807) is 0 Å². The predicted octanol–water partition coefficient (Wildman–Crippen LogP) is 3.05. The minimum Gasteiger partial charge on any atom is -0.232 e. The lowest BCUT2D eigenvalue weighted by Crippen LogP contribution is -2.19. The average Bonchev–Trinajstić information content (AvgIpc) is 3.09. The van der Waals surface area contributed by atoms with E-state index in [1.807, 2.05) is 10.7 Å². The van der Waals surface area contributed by atoms with Crippen molar-refractivity contribution < 1.29 is 0 Å². The SMILES string of the molecule is CCc1cnn2cc3c(nc12)C1(CCCC1)CC3. The molecule has 0 amide bonds. The van der Waals surface area contributed by atoms with E-state index in [2.05, 4.69) is 18.2 Å². The Morgan fingerprint density at radius 1 is 1.28 bits per heavy atom. The summed E-state index contributed by atoms with van der Waals surface area (Å²) in [4.78, 5) is 5.02. The Labute approximate surface area is 107 Å². The van der Waals surface area contributed by atoms with Crippen molar-refractivity contribution in [2.75, 3.05) is 0 Å². The first kappa shape index (κ1) is 10.5. The van der Waals surface area contributed by atoms with E-state index in [0.717, 1.165) is 12.1 Å². The number of hydrogen-bond acceptors (Lipinski definition) is 2. The zero-order chi connectivity index (χ0) is 12.2. The highest BCUT2D eigenvalue weighted by molar-refractivity contribution is 5.50. The smallest absolute Gasteiger partial charge is 0.158 e. The van der Waals surface area contributed by atoms with Crippen molar-refractivity contribution in [1.82, 2.24) is 14.6 Å². The van der Waals surface area contributed by atoms with Crippen molar-refractivity contribution in [3.63, 3.8) is 0 Å². The molecule has 2 aliphatic carbocycles. The Balaban J connectivity index is 1.95. The summed E-state index contributed by atoms with van der Waals surface area (Å²) >= 11 is 0. The van der Waals surface area contributed by atoms with Gasteiger partial charge in [0.25, 0.3) is 0 Å². The van der Waals surface area contributed by atoms with E-state index in [1.165, 1.54) is 55.3 Å². The normalized spacial score (nSPS) is 20.9. The summed E-state index contributed by atoms with van der Waals surface area (Å²) in [5.74, 6) is 0. The molecule has 94 valence electrons. The van der Waals surface area contributed by atoms with Crippen molar-refractivity contribution in [1.29, 1.82) is 0 Å². The van der Waals surface area contributed by atoms with Crippen molar-refractivity contribution in [2.45, 2.75) is 57.3 Å². The van der Waals surface area contributed by atoms with Crippen molar-refractivity contribution in [2.24, 2.45) is 0 Å². The Morgan fingerprint density at radius 2 is 2.11 bits per heavy atom. The number of aromatic nitrogens is 3. The number of nitrogens with zero attached hydrogens (tertiary/aromatic N) is 3. The molecule has 3 heteroatoms. The van der Waals surface area contributed by atoms with Crippen LogP contribution in [0.25, 0.3) is 5.65 Å². The van der Waals surface area contributed by atoms with E-state index in [0.29, 0.717) is 5.41 Å². The third-order valence-corrected chi connectivity index (χ3v) is 4.96. The van der Waals surface area contributed by atoms with E-state index in [4.69, 9.17) is 4.98 Å². The molecule has 0 aliphatic heterocycles. The van der Waals surface area contributed by atoms with Gasteiger partial charge in [0.2, 0.25) is 0 Å². The van der Waals surface area contributed by atoms with E-state index < -0.39 is 0 Å². The quantitative estimate of drug-likeness (QED) is 0.768. The highest BCUT2D eigenvalue weighted by Crippen LogP contribution is 2.49. The predicted molar refractivity (Wildman–Crippen MR) is 70.8 cm³/mol. The number of aryl methyl sites for hydroxylation is 2. The fourth-order valence-electron chi connectivity index (χ4n) is 3.92. The van der Waals surface area contributed by atoms with Crippen LogP contribution < -0.4 is 0 Å². The van der Waals surface area contributed by atoms with Crippen LogP contribution in [0.2, 0.25) is 0 Å². The Kier molecular flexibility index (Phi) is 2.08. The summed E-state index contributed by atoms with van der Waals surface area (Å²) < 4.78 is 1.98. The molecule has 0 bridgehead atoms. The zero-order valence-corrected chi connectivity index (χ0v) is 10.9. The molecule has 0 aromatic carbocycles. The minimum atomic E-state index is 0.423.